The molecule has 3 aromatic rings. The van der Waals surface area contributed by atoms with Crippen molar-refractivity contribution >= 4 is 44.7 Å². The van der Waals surface area contributed by atoms with E-state index in [4.69, 9.17) is 0 Å². The highest BCUT2D eigenvalue weighted by Crippen LogP contribution is 2.52. The summed E-state index contributed by atoms with van der Waals surface area (Å²) in [6.07, 6.45) is 6.81. The Morgan fingerprint density at radius 2 is 1.94 bits per heavy atom. The molecule has 0 unspecified atom stereocenters. The number of nitrogens with zero attached hydrogens (tertiary/aromatic N) is 4. The number of allylic oxidation sites excluding steroid dienone is 3. The number of anilines is 1. The quantitative estimate of drug-likeness (QED) is 0.389. The third-order valence-corrected chi connectivity index (χ3v) is 7.69. The Kier molecular flexibility index (Phi) is 5.38. The fourth-order valence-corrected chi connectivity index (χ4v) is 6.07. The standard InChI is InChI=1S/C26H23BrN4OS/c1-16-6-8-21(33-16)23-18(14-28)25(30-10-4-5-11-30)31(22-9-7-17(27)15-29-22)19-12-26(2,3)13-20(32)24(19)23/h4-11,15,23H,12-13H2,1-3H3/t23-/m1/s1. The fourth-order valence-electron chi connectivity index (χ4n) is 4.84. The number of carbonyl (C=O) groups is 1. The van der Waals surface area contributed by atoms with Crippen molar-refractivity contribution in [1.29, 1.82) is 5.26 Å². The van der Waals surface area contributed by atoms with E-state index in [0.717, 1.165) is 37.7 Å². The maximum Gasteiger partial charge on any atom is 0.162 e. The van der Waals surface area contributed by atoms with Gasteiger partial charge in [-0.25, -0.2) is 4.98 Å². The molecule has 1 atom stereocenters. The first-order valence-electron chi connectivity index (χ1n) is 10.8. The van der Waals surface area contributed by atoms with E-state index in [9.17, 15) is 10.1 Å². The van der Waals surface area contributed by atoms with Crippen LogP contribution in [0.25, 0.3) is 5.82 Å². The molecule has 33 heavy (non-hydrogen) atoms. The zero-order valence-electron chi connectivity index (χ0n) is 18.7. The van der Waals surface area contributed by atoms with Crippen LogP contribution in [-0.2, 0) is 4.79 Å². The first kappa shape index (κ1) is 21.9. The van der Waals surface area contributed by atoms with Gasteiger partial charge in [0.25, 0.3) is 0 Å². The molecule has 0 saturated heterocycles. The fraction of sp³-hybridized carbons (Fsp3) is 0.269. The molecule has 0 spiro atoms. The summed E-state index contributed by atoms with van der Waals surface area (Å²) in [5.74, 6) is 1.15. The first-order chi connectivity index (χ1) is 15.8. The topological polar surface area (TPSA) is 61.9 Å². The lowest BCUT2D eigenvalue weighted by Gasteiger charge is -2.44. The van der Waals surface area contributed by atoms with Crippen LogP contribution >= 0.6 is 27.3 Å². The molecular weight excluding hydrogens is 496 g/mol. The van der Waals surface area contributed by atoms with Crippen molar-refractivity contribution in [2.75, 3.05) is 4.90 Å². The van der Waals surface area contributed by atoms with Gasteiger partial charge in [-0.3, -0.25) is 9.69 Å². The minimum absolute atomic E-state index is 0.110. The smallest absolute Gasteiger partial charge is 0.162 e. The predicted molar refractivity (Wildman–Crippen MR) is 135 cm³/mol. The Bertz CT molecular complexity index is 1340. The lowest BCUT2D eigenvalue weighted by Crippen LogP contribution is -2.40. The van der Waals surface area contributed by atoms with E-state index >= 15 is 0 Å². The molecule has 0 N–H and O–H groups in total. The zero-order chi connectivity index (χ0) is 23.3. The summed E-state index contributed by atoms with van der Waals surface area (Å²) < 4.78 is 2.84. The van der Waals surface area contributed by atoms with Gasteiger partial charge < -0.3 is 4.57 Å². The third kappa shape index (κ3) is 3.77. The summed E-state index contributed by atoms with van der Waals surface area (Å²) in [4.78, 5) is 22.6. The van der Waals surface area contributed by atoms with E-state index < -0.39 is 0 Å². The van der Waals surface area contributed by atoms with E-state index in [0.29, 0.717) is 17.8 Å². The number of ketones is 1. The SMILES string of the molecule is Cc1ccc([C@H]2C(C#N)=C(n3cccc3)N(c3ccc(Br)cn3)C3=C2C(=O)CC(C)(C)C3)s1. The van der Waals surface area contributed by atoms with Crippen molar-refractivity contribution in [2.45, 2.75) is 39.5 Å². The van der Waals surface area contributed by atoms with Crippen LogP contribution in [0.5, 0.6) is 0 Å². The average Bonchev–Trinajstić information content (AvgIpc) is 3.44. The number of aromatic nitrogens is 2. The zero-order valence-corrected chi connectivity index (χ0v) is 21.1. The van der Waals surface area contributed by atoms with Gasteiger partial charge in [0.2, 0.25) is 0 Å². The second-order valence-corrected chi connectivity index (χ2v) is 11.5. The summed E-state index contributed by atoms with van der Waals surface area (Å²) in [7, 11) is 0. The lowest BCUT2D eigenvalue weighted by molar-refractivity contribution is -0.118. The van der Waals surface area contributed by atoms with Gasteiger partial charge in [0.15, 0.2) is 5.78 Å². The monoisotopic (exact) mass is 518 g/mol. The highest BCUT2D eigenvalue weighted by atomic mass is 79.9. The maximum atomic E-state index is 13.7. The van der Waals surface area contributed by atoms with E-state index in [1.165, 1.54) is 0 Å². The third-order valence-electron chi connectivity index (χ3n) is 6.15. The van der Waals surface area contributed by atoms with E-state index in [1.807, 2.05) is 46.1 Å². The molecule has 3 aromatic heterocycles. The van der Waals surface area contributed by atoms with E-state index in [-0.39, 0.29) is 17.1 Å². The van der Waals surface area contributed by atoms with Gasteiger partial charge in [0.05, 0.1) is 17.6 Å². The van der Waals surface area contributed by atoms with Gasteiger partial charge >= 0.3 is 0 Å². The highest BCUT2D eigenvalue weighted by molar-refractivity contribution is 9.10. The van der Waals surface area contributed by atoms with Crippen molar-refractivity contribution in [1.82, 2.24) is 9.55 Å². The van der Waals surface area contributed by atoms with Crippen molar-refractivity contribution in [3.63, 3.8) is 0 Å². The van der Waals surface area contributed by atoms with Crippen molar-refractivity contribution < 1.29 is 4.79 Å². The number of rotatable bonds is 3. The molecule has 5 rings (SSSR count). The van der Waals surface area contributed by atoms with Crippen molar-refractivity contribution in [2.24, 2.45) is 5.41 Å². The molecule has 166 valence electrons. The Balaban J connectivity index is 1.86. The van der Waals surface area contributed by atoms with Gasteiger partial charge in [-0.2, -0.15) is 5.26 Å². The molecular formula is C26H23BrN4OS. The summed E-state index contributed by atoms with van der Waals surface area (Å²) in [6, 6.07) is 14.4. The van der Waals surface area contributed by atoms with Crippen LogP contribution in [0.3, 0.4) is 0 Å². The van der Waals surface area contributed by atoms with Gasteiger partial charge in [-0.15, -0.1) is 11.3 Å². The normalized spacial score (nSPS) is 20.2. The van der Waals surface area contributed by atoms with Crippen molar-refractivity contribution in [3.05, 3.63) is 86.1 Å². The molecule has 4 heterocycles. The van der Waals surface area contributed by atoms with Gasteiger partial charge in [-0.1, -0.05) is 13.8 Å². The van der Waals surface area contributed by atoms with Gasteiger partial charge in [0.1, 0.15) is 11.6 Å². The molecule has 0 amide bonds. The average molecular weight is 519 g/mol. The number of aryl methyl sites for hydroxylation is 1. The number of hydrogen-bond donors (Lipinski definition) is 0. The molecule has 0 bridgehead atoms. The molecule has 0 fully saturated rings. The number of halogens is 1. The molecule has 0 saturated carbocycles. The van der Waals surface area contributed by atoms with Gasteiger partial charge in [-0.05, 0) is 71.1 Å². The number of pyridine rings is 1. The van der Waals surface area contributed by atoms with Gasteiger partial charge in [0, 0.05) is 50.5 Å². The minimum Gasteiger partial charge on any atom is -0.309 e. The molecule has 0 radical (unpaired) electrons. The number of Topliss-reactive ketones (excluding diaryl/α,β-unsaturated/α-hetero) is 1. The largest absolute Gasteiger partial charge is 0.309 e. The number of thiophene rings is 1. The van der Waals surface area contributed by atoms with E-state index in [1.54, 1.807) is 17.5 Å². The highest BCUT2D eigenvalue weighted by Gasteiger charge is 2.46. The van der Waals surface area contributed by atoms with Crippen LogP contribution in [0.1, 0.15) is 42.4 Å². The summed E-state index contributed by atoms with van der Waals surface area (Å²) in [5, 5.41) is 10.5. The van der Waals surface area contributed by atoms with E-state index in [2.05, 4.69) is 59.9 Å². The lowest BCUT2D eigenvalue weighted by atomic mass is 9.69. The number of carbonyl (C=O) groups excluding carboxylic acids is 1. The van der Waals surface area contributed by atoms with Crippen LogP contribution in [-0.4, -0.2) is 15.3 Å². The first-order valence-corrected chi connectivity index (χ1v) is 12.4. The van der Waals surface area contributed by atoms with Crippen LogP contribution in [0.15, 0.2) is 76.3 Å². The summed E-state index contributed by atoms with van der Waals surface area (Å²) in [5.41, 5.74) is 2.04. The van der Waals surface area contributed by atoms with Crippen LogP contribution in [0.2, 0.25) is 0 Å². The van der Waals surface area contributed by atoms with Crippen LogP contribution < -0.4 is 4.90 Å². The summed E-state index contributed by atoms with van der Waals surface area (Å²) >= 11 is 5.12. The maximum absolute atomic E-state index is 13.7. The molecule has 0 aromatic carbocycles. The number of hydrogen-bond acceptors (Lipinski definition) is 5. The second kappa shape index (κ2) is 8.12. The molecule has 1 aliphatic carbocycles. The molecule has 7 heteroatoms. The Hall–Kier alpha value is -2.95. The Morgan fingerprint density at radius 1 is 1.18 bits per heavy atom. The second-order valence-electron chi connectivity index (χ2n) is 9.29. The Morgan fingerprint density at radius 3 is 2.55 bits per heavy atom. The molecule has 2 aliphatic rings. The molecule has 1 aliphatic heterocycles. The minimum atomic E-state index is -0.378. The summed E-state index contributed by atoms with van der Waals surface area (Å²) in [6.45, 7) is 6.31. The van der Waals surface area contributed by atoms with Crippen LogP contribution in [0, 0.1) is 23.7 Å². The van der Waals surface area contributed by atoms with Crippen LogP contribution in [0.4, 0.5) is 5.82 Å². The molecule has 5 nitrogen and oxygen atoms in total. The Labute approximate surface area is 205 Å². The predicted octanol–water partition coefficient (Wildman–Crippen LogP) is 6.65. The van der Waals surface area contributed by atoms with Crippen molar-refractivity contribution in [3.8, 4) is 6.07 Å². The number of nitriles is 1.